The summed E-state index contributed by atoms with van der Waals surface area (Å²) >= 11 is 0. The van der Waals surface area contributed by atoms with Gasteiger partial charge in [-0.3, -0.25) is 4.98 Å². The Labute approximate surface area is 95.9 Å². The lowest BCUT2D eigenvalue weighted by Crippen LogP contribution is -2.05. The topological polar surface area (TPSA) is 38.9 Å². The van der Waals surface area contributed by atoms with Crippen molar-refractivity contribution in [3.63, 3.8) is 0 Å². The summed E-state index contributed by atoms with van der Waals surface area (Å²) in [5.41, 5.74) is 6.38. The van der Waals surface area contributed by atoms with E-state index in [1.807, 2.05) is 0 Å². The molecule has 1 aromatic carbocycles. The molecule has 0 unspecified atom stereocenters. The molecule has 0 aliphatic rings. The minimum absolute atomic E-state index is 0.417. The summed E-state index contributed by atoms with van der Waals surface area (Å²) in [6.07, 6.45) is -2.18. The van der Waals surface area contributed by atoms with Gasteiger partial charge in [0.1, 0.15) is 0 Å². The van der Waals surface area contributed by atoms with Gasteiger partial charge in [0.05, 0.1) is 5.56 Å². The first-order chi connectivity index (χ1) is 7.97. The van der Waals surface area contributed by atoms with E-state index in [0.717, 1.165) is 12.3 Å². The van der Waals surface area contributed by atoms with Gasteiger partial charge >= 0.3 is 6.18 Å². The average Bonchev–Trinajstić information content (AvgIpc) is 2.29. The number of nitrogens with zero attached hydrogens (tertiary/aromatic N) is 1. The lowest BCUT2D eigenvalue weighted by Gasteiger charge is -2.08. The minimum Gasteiger partial charge on any atom is -0.399 e. The van der Waals surface area contributed by atoms with E-state index in [-0.39, 0.29) is 0 Å². The number of nitrogens with two attached hydrogens (primary N) is 1. The molecule has 0 aliphatic carbocycles. The van der Waals surface area contributed by atoms with E-state index < -0.39 is 11.7 Å². The van der Waals surface area contributed by atoms with Gasteiger partial charge in [-0.1, -0.05) is 12.1 Å². The average molecular weight is 238 g/mol. The molecule has 2 nitrogen and oxygen atoms in total. The quantitative estimate of drug-likeness (QED) is 0.774. The van der Waals surface area contributed by atoms with Crippen LogP contribution in [0.25, 0.3) is 11.1 Å². The molecule has 88 valence electrons. The third-order valence-electron chi connectivity index (χ3n) is 2.31. The highest BCUT2D eigenvalue weighted by molar-refractivity contribution is 5.65. The maximum absolute atomic E-state index is 12.5. The van der Waals surface area contributed by atoms with Gasteiger partial charge in [0, 0.05) is 23.6 Å². The SMILES string of the molecule is Nc1ccc(-c2cncc(C(F)(F)F)c2)cc1. The molecule has 0 atom stereocenters. The largest absolute Gasteiger partial charge is 0.417 e. The van der Waals surface area contributed by atoms with Crippen LogP contribution in [0.5, 0.6) is 0 Å². The molecular weight excluding hydrogens is 229 g/mol. The van der Waals surface area contributed by atoms with Crippen molar-refractivity contribution in [1.29, 1.82) is 0 Å². The summed E-state index contributed by atoms with van der Waals surface area (Å²) < 4.78 is 37.5. The number of rotatable bonds is 1. The van der Waals surface area contributed by atoms with Crippen LogP contribution in [0.2, 0.25) is 0 Å². The van der Waals surface area contributed by atoms with E-state index >= 15 is 0 Å². The highest BCUT2D eigenvalue weighted by atomic mass is 19.4. The Morgan fingerprint density at radius 1 is 0.941 bits per heavy atom. The predicted molar refractivity (Wildman–Crippen MR) is 59.1 cm³/mol. The number of aromatic nitrogens is 1. The van der Waals surface area contributed by atoms with Gasteiger partial charge in [0.2, 0.25) is 0 Å². The van der Waals surface area contributed by atoms with Gasteiger partial charge in [0.25, 0.3) is 0 Å². The van der Waals surface area contributed by atoms with Crippen LogP contribution >= 0.6 is 0 Å². The van der Waals surface area contributed by atoms with E-state index in [4.69, 9.17) is 5.73 Å². The predicted octanol–water partition coefficient (Wildman–Crippen LogP) is 3.35. The van der Waals surface area contributed by atoms with Crippen molar-refractivity contribution in [3.8, 4) is 11.1 Å². The molecule has 0 radical (unpaired) electrons. The summed E-state index contributed by atoms with van der Waals surface area (Å²) in [5, 5.41) is 0. The van der Waals surface area contributed by atoms with Crippen molar-refractivity contribution in [2.45, 2.75) is 6.18 Å². The third-order valence-corrected chi connectivity index (χ3v) is 2.31. The van der Waals surface area contributed by atoms with Gasteiger partial charge in [-0.25, -0.2) is 0 Å². The first-order valence-electron chi connectivity index (χ1n) is 4.85. The summed E-state index contributed by atoms with van der Waals surface area (Å²) in [6.45, 7) is 0. The molecule has 17 heavy (non-hydrogen) atoms. The molecule has 0 aliphatic heterocycles. The fraction of sp³-hybridized carbons (Fsp3) is 0.0833. The summed E-state index contributed by atoms with van der Waals surface area (Å²) in [4.78, 5) is 3.60. The zero-order valence-corrected chi connectivity index (χ0v) is 8.70. The second-order valence-corrected chi connectivity index (χ2v) is 3.58. The van der Waals surface area contributed by atoms with E-state index in [9.17, 15) is 13.2 Å². The number of benzene rings is 1. The van der Waals surface area contributed by atoms with Gasteiger partial charge in [-0.05, 0) is 23.8 Å². The van der Waals surface area contributed by atoms with Crippen LogP contribution in [0.15, 0.2) is 42.7 Å². The number of hydrogen-bond acceptors (Lipinski definition) is 2. The number of nitrogen functional groups attached to an aromatic ring is 1. The van der Waals surface area contributed by atoms with Gasteiger partial charge in [-0.15, -0.1) is 0 Å². The summed E-state index contributed by atoms with van der Waals surface area (Å²) in [6, 6.07) is 7.66. The van der Waals surface area contributed by atoms with Crippen LogP contribution in [0, 0.1) is 0 Å². The Bertz CT molecular complexity index is 518. The Balaban J connectivity index is 2.43. The summed E-state index contributed by atoms with van der Waals surface area (Å²) in [5.74, 6) is 0. The van der Waals surface area contributed by atoms with Crippen molar-refractivity contribution in [3.05, 3.63) is 48.3 Å². The molecule has 2 N–H and O–H groups in total. The van der Waals surface area contributed by atoms with Gasteiger partial charge in [-0.2, -0.15) is 13.2 Å². The maximum Gasteiger partial charge on any atom is 0.417 e. The molecule has 2 aromatic rings. The molecular formula is C12H9F3N2. The van der Waals surface area contributed by atoms with Crippen molar-refractivity contribution >= 4 is 5.69 Å². The lowest BCUT2D eigenvalue weighted by molar-refractivity contribution is -0.137. The fourth-order valence-corrected chi connectivity index (χ4v) is 1.43. The number of halogens is 3. The molecule has 2 rings (SSSR count). The van der Waals surface area contributed by atoms with Crippen LogP contribution in [0.1, 0.15) is 5.56 Å². The second-order valence-electron chi connectivity index (χ2n) is 3.58. The van der Waals surface area contributed by atoms with Crippen LogP contribution in [-0.4, -0.2) is 4.98 Å². The number of anilines is 1. The molecule has 0 bridgehead atoms. The molecule has 0 fully saturated rings. The van der Waals surface area contributed by atoms with Crippen molar-refractivity contribution < 1.29 is 13.2 Å². The standard InChI is InChI=1S/C12H9F3N2/c13-12(14,15)10-5-9(6-17-7-10)8-1-3-11(16)4-2-8/h1-7H,16H2. The number of alkyl halides is 3. The monoisotopic (exact) mass is 238 g/mol. The van der Waals surface area contributed by atoms with E-state index in [2.05, 4.69) is 4.98 Å². The van der Waals surface area contributed by atoms with Crippen LogP contribution < -0.4 is 5.73 Å². The molecule has 0 saturated heterocycles. The maximum atomic E-state index is 12.5. The minimum atomic E-state index is -4.38. The molecule has 1 aromatic heterocycles. The Morgan fingerprint density at radius 3 is 2.18 bits per heavy atom. The van der Waals surface area contributed by atoms with Crippen LogP contribution in [0.4, 0.5) is 18.9 Å². The van der Waals surface area contributed by atoms with E-state index in [1.165, 1.54) is 6.20 Å². The number of hydrogen-bond donors (Lipinski definition) is 1. The summed E-state index contributed by atoms with van der Waals surface area (Å²) in [7, 11) is 0. The first kappa shape index (κ1) is 11.4. The van der Waals surface area contributed by atoms with Gasteiger partial charge in [0.15, 0.2) is 0 Å². The first-order valence-corrected chi connectivity index (χ1v) is 4.85. The molecule has 0 amide bonds. The molecule has 0 spiro atoms. The van der Waals surface area contributed by atoms with Crippen molar-refractivity contribution in [2.24, 2.45) is 0 Å². The highest BCUT2D eigenvalue weighted by Crippen LogP contribution is 2.31. The second kappa shape index (κ2) is 4.08. The van der Waals surface area contributed by atoms with E-state index in [1.54, 1.807) is 24.3 Å². The van der Waals surface area contributed by atoms with E-state index in [0.29, 0.717) is 16.8 Å². The Hall–Kier alpha value is -2.04. The number of pyridine rings is 1. The van der Waals surface area contributed by atoms with Crippen LogP contribution in [0.3, 0.4) is 0 Å². The Morgan fingerprint density at radius 2 is 1.59 bits per heavy atom. The lowest BCUT2D eigenvalue weighted by atomic mass is 10.1. The Kier molecular flexibility index (Phi) is 2.75. The normalized spacial score (nSPS) is 11.5. The van der Waals surface area contributed by atoms with Crippen LogP contribution in [-0.2, 0) is 6.18 Å². The molecule has 0 saturated carbocycles. The molecule has 5 heteroatoms. The molecule has 1 heterocycles. The zero-order valence-electron chi connectivity index (χ0n) is 8.70. The van der Waals surface area contributed by atoms with Gasteiger partial charge < -0.3 is 5.73 Å². The zero-order chi connectivity index (χ0) is 12.5. The highest BCUT2D eigenvalue weighted by Gasteiger charge is 2.31. The van der Waals surface area contributed by atoms with Crippen molar-refractivity contribution in [2.75, 3.05) is 5.73 Å². The van der Waals surface area contributed by atoms with Crippen molar-refractivity contribution in [1.82, 2.24) is 4.98 Å². The third kappa shape index (κ3) is 2.55. The fourth-order valence-electron chi connectivity index (χ4n) is 1.43. The smallest absolute Gasteiger partial charge is 0.399 e.